The molecule has 1 saturated carbocycles. The lowest BCUT2D eigenvalue weighted by Crippen LogP contribution is -2.16. The first-order valence-corrected chi connectivity index (χ1v) is 6.02. The van der Waals surface area contributed by atoms with E-state index >= 15 is 0 Å². The number of H-pyrrole nitrogens is 1. The number of nitrogens with zero attached hydrogens (tertiary/aromatic N) is 2. The zero-order valence-corrected chi connectivity index (χ0v) is 10.5. The minimum atomic E-state index is -0.458. The van der Waals surface area contributed by atoms with E-state index in [2.05, 4.69) is 30.9 Å². The number of aromatic amines is 1. The molecule has 0 bridgehead atoms. The third-order valence-corrected chi connectivity index (χ3v) is 3.63. The van der Waals surface area contributed by atoms with Crippen molar-refractivity contribution in [2.45, 2.75) is 17.7 Å². The predicted octanol–water partition coefficient (Wildman–Crippen LogP) is 2.31. The number of nitrogens with one attached hydrogen (secondary N) is 1. The van der Waals surface area contributed by atoms with E-state index in [1.54, 1.807) is 12.1 Å². The van der Waals surface area contributed by atoms with E-state index in [4.69, 9.17) is 11.6 Å². The highest BCUT2D eigenvalue weighted by Gasteiger charge is 2.45. The maximum absolute atomic E-state index is 11.8. The molecule has 2 aromatic heterocycles. The van der Waals surface area contributed by atoms with Gasteiger partial charge in [0, 0.05) is 0 Å². The van der Waals surface area contributed by atoms with Crippen LogP contribution >= 0.6 is 27.5 Å². The fourth-order valence-corrected chi connectivity index (χ4v) is 2.05. The van der Waals surface area contributed by atoms with Crippen molar-refractivity contribution < 1.29 is 0 Å². The highest BCUT2D eigenvalue weighted by atomic mass is 79.9. The molecule has 0 spiro atoms. The van der Waals surface area contributed by atoms with Crippen LogP contribution in [-0.2, 0) is 4.87 Å². The Hall–Kier alpha value is -0.940. The van der Waals surface area contributed by atoms with Gasteiger partial charge in [-0.15, -0.1) is 11.6 Å². The molecular weight excluding hydrogens is 293 g/mol. The second-order valence-electron chi connectivity index (χ2n) is 3.88. The van der Waals surface area contributed by atoms with Crippen molar-refractivity contribution in [3.63, 3.8) is 0 Å². The SMILES string of the molecule is O=c1[nH]c(C2(Cl)CC2)nc2ccc(Br)nc12. The van der Waals surface area contributed by atoms with Crippen LogP contribution in [0.3, 0.4) is 0 Å². The van der Waals surface area contributed by atoms with Crippen LogP contribution < -0.4 is 5.56 Å². The maximum Gasteiger partial charge on any atom is 0.277 e. The molecule has 82 valence electrons. The lowest BCUT2D eigenvalue weighted by molar-refractivity contribution is 0.862. The first kappa shape index (κ1) is 10.2. The number of hydrogen-bond donors (Lipinski definition) is 1. The summed E-state index contributed by atoms with van der Waals surface area (Å²) < 4.78 is 0.618. The van der Waals surface area contributed by atoms with E-state index in [1.807, 2.05) is 0 Å². The minimum Gasteiger partial charge on any atom is -0.307 e. The van der Waals surface area contributed by atoms with Crippen LogP contribution in [0.25, 0.3) is 11.0 Å². The van der Waals surface area contributed by atoms with Crippen molar-refractivity contribution in [1.29, 1.82) is 0 Å². The number of aromatic nitrogens is 3. The largest absolute Gasteiger partial charge is 0.307 e. The van der Waals surface area contributed by atoms with Gasteiger partial charge in [0.1, 0.15) is 15.3 Å². The molecule has 0 unspecified atom stereocenters. The highest BCUT2D eigenvalue weighted by Crippen LogP contribution is 2.50. The number of alkyl halides is 1. The van der Waals surface area contributed by atoms with Crippen molar-refractivity contribution >= 4 is 38.6 Å². The number of rotatable bonds is 1. The molecule has 0 aliphatic heterocycles. The summed E-state index contributed by atoms with van der Waals surface area (Å²) in [4.78, 5) is 22.5. The summed E-state index contributed by atoms with van der Waals surface area (Å²) in [6.07, 6.45) is 1.71. The van der Waals surface area contributed by atoms with Crippen LogP contribution in [-0.4, -0.2) is 15.0 Å². The molecule has 16 heavy (non-hydrogen) atoms. The quantitative estimate of drug-likeness (QED) is 0.649. The van der Waals surface area contributed by atoms with E-state index < -0.39 is 4.87 Å². The fraction of sp³-hybridized carbons (Fsp3) is 0.300. The van der Waals surface area contributed by atoms with Gasteiger partial charge >= 0.3 is 0 Å². The van der Waals surface area contributed by atoms with Crippen LogP contribution in [0, 0.1) is 0 Å². The average Bonchev–Trinajstić information content (AvgIpc) is 2.99. The van der Waals surface area contributed by atoms with Gasteiger partial charge in [-0.05, 0) is 40.9 Å². The van der Waals surface area contributed by atoms with Gasteiger partial charge in [0.05, 0.1) is 5.52 Å². The zero-order valence-electron chi connectivity index (χ0n) is 8.13. The number of fused-ring (bicyclic) bond motifs is 1. The average molecular weight is 301 g/mol. The summed E-state index contributed by atoms with van der Waals surface area (Å²) >= 11 is 9.43. The van der Waals surface area contributed by atoms with Gasteiger partial charge < -0.3 is 4.98 Å². The van der Waals surface area contributed by atoms with E-state index in [9.17, 15) is 4.79 Å². The predicted molar refractivity (Wildman–Crippen MR) is 64.6 cm³/mol. The van der Waals surface area contributed by atoms with Gasteiger partial charge in [-0.3, -0.25) is 4.79 Å². The Morgan fingerprint density at radius 3 is 2.81 bits per heavy atom. The van der Waals surface area contributed by atoms with Crippen molar-refractivity contribution in [2.24, 2.45) is 0 Å². The monoisotopic (exact) mass is 299 g/mol. The summed E-state index contributed by atoms with van der Waals surface area (Å²) in [7, 11) is 0. The summed E-state index contributed by atoms with van der Waals surface area (Å²) in [5, 5.41) is 0. The summed E-state index contributed by atoms with van der Waals surface area (Å²) in [5.74, 6) is 0.552. The third-order valence-electron chi connectivity index (χ3n) is 2.63. The summed E-state index contributed by atoms with van der Waals surface area (Å²) in [6, 6.07) is 3.51. The van der Waals surface area contributed by atoms with E-state index in [1.165, 1.54) is 0 Å². The van der Waals surface area contributed by atoms with Gasteiger partial charge in [-0.25, -0.2) is 9.97 Å². The Kier molecular flexibility index (Phi) is 2.09. The number of hydrogen-bond acceptors (Lipinski definition) is 3. The van der Waals surface area contributed by atoms with Crippen LogP contribution in [0.15, 0.2) is 21.5 Å². The van der Waals surface area contributed by atoms with Crippen LogP contribution in [0.5, 0.6) is 0 Å². The van der Waals surface area contributed by atoms with E-state index in [0.29, 0.717) is 21.5 Å². The van der Waals surface area contributed by atoms with Crippen molar-refractivity contribution in [3.8, 4) is 0 Å². The normalized spacial score (nSPS) is 17.6. The summed E-state index contributed by atoms with van der Waals surface area (Å²) in [5.41, 5.74) is 0.668. The Morgan fingerprint density at radius 2 is 2.12 bits per heavy atom. The first-order chi connectivity index (χ1) is 7.58. The highest BCUT2D eigenvalue weighted by molar-refractivity contribution is 9.10. The maximum atomic E-state index is 11.8. The molecule has 4 nitrogen and oxygen atoms in total. The third kappa shape index (κ3) is 1.55. The molecule has 0 amide bonds. The standard InChI is InChI=1S/C10H7BrClN3O/c11-6-2-1-5-7(14-6)8(16)15-9(13-5)10(12)3-4-10/h1-2H,3-4H2,(H,13,15,16). The van der Waals surface area contributed by atoms with Gasteiger partial charge in [-0.1, -0.05) is 0 Å². The summed E-state index contributed by atoms with van der Waals surface area (Å²) in [6.45, 7) is 0. The smallest absolute Gasteiger partial charge is 0.277 e. The van der Waals surface area contributed by atoms with E-state index in [-0.39, 0.29) is 5.56 Å². The molecule has 2 aromatic rings. The van der Waals surface area contributed by atoms with Crippen molar-refractivity contribution in [1.82, 2.24) is 15.0 Å². The molecule has 1 N–H and O–H groups in total. The molecule has 1 fully saturated rings. The van der Waals surface area contributed by atoms with Crippen LogP contribution in [0.2, 0.25) is 0 Å². The zero-order chi connectivity index (χ0) is 11.3. The molecule has 0 radical (unpaired) electrons. The first-order valence-electron chi connectivity index (χ1n) is 4.84. The Balaban J connectivity index is 2.31. The molecule has 3 rings (SSSR count). The topological polar surface area (TPSA) is 58.6 Å². The van der Waals surface area contributed by atoms with Crippen molar-refractivity contribution in [2.75, 3.05) is 0 Å². The minimum absolute atomic E-state index is 0.242. The Morgan fingerprint density at radius 1 is 1.38 bits per heavy atom. The number of halogens is 2. The molecule has 1 aliphatic carbocycles. The molecular formula is C10H7BrClN3O. The molecule has 1 aliphatic rings. The Labute approximate surface area is 104 Å². The second kappa shape index (κ2) is 3.28. The van der Waals surface area contributed by atoms with Crippen LogP contribution in [0.1, 0.15) is 18.7 Å². The van der Waals surface area contributed by atoms with Gasteiger partial charge in [-0.2, -0.15) is 0 Å². The van der Waals surface area contributed by atoms with Gasteiger partial charge in [0.15, 0.2) is 5.52 Å². The Bertz CT molecular complexity index is 635. The van der Waals surface area contributed by atoms with Crippen molar-refractivity contribution in [3.05, 3.63) is 32.9 Å². The lowest BCUT2D eigenvalue weighted by atomic mass is 10.3. The van der Waals surface area contributed by atoms with Crippen LogP contribution in [0.4, 0.5) is 0 Å². The number of pyridine rings is 1. The lowest BCUT2D eigenvalue weighted by Gasteiger charge is -2.06. The molecule has 0 aromatic carbocycles. The van der Waals surface area contributed by atoms with Gasteiger partial charge in [0.25, 0.3) is 5.56 Å². The molecule has 0 atom stereocenters. The molecule has 2 heterocycles. The van der Waals surface area contributed by atoms with Gasteiger partial charge in [0.2, 0.25) is 0 Å². The fourth-order valence-electron chi connectivity index (χ4n) is 1.56. The second-order valence-corrected chi connectivity index (χ2v) is 5.42. The molecule has 0 saturated heterocycles. The molecule has 6 heteroatoms. The van der Waals surface area contributed by atoms with E-state index in [0.717, 1.165) is 12.8 Å².